The molecule has 202 valence electrons. The van der Waals surface area contributed by atoms with Crippen molar-refractivity contribution < 1.29 is 18.7 Å². The molecular weight excluding hydrogens is 489 g/mol. The molecule has 38 heavy (non-hydrogen) atoms. The van der Waals surface area contributed by atoms with Crippen LogP contribution in [-0.4, -0.2) is 86.9 Å². The van der Waals surface area contributed by atoms with Gasteiger partial charge in [-0.15, -0.1) is 0 Å². The van der Waals surface area contributed by atoms with E-state index in [0.29, 0.717) is 43.3 Å². The predicted octanol–water partition coefficient (Wildman–Crippen LogP) is 3.05. The minimum absolute atomic E-state index is 0.0276. The highest BCUT2D eigenvalue weighted by Gasteiger charge is 2.28. The van der Waals surface area contributed by atoms with Crippen molar-refractivity contribution in [1.82, 2.24) is 19.7 Å². The van der Waals surface area contributed by atoms with Gasteiger partial charge in [0, 0.05) is 38.9 Å². The molecule has 0 spiro atoms. The van der Waals surface area contributed by atoms with Crippen LogP contribution in [0, 0.1) is 5.82 Å². The van der Waals surface area contributed by atoms with Gasteiger partial charge in [-0.1, -0.05) is 12.1 Å². The van der Waals surface area contributed by atoms with Crippen molar-refractivity contribution in [2.45, 2.75) is 12.8 Å². The molecule has 1 aromatic heterocycles. The number of anilines is 1. The number of unbranched alkanes of at least 4 members (excludes halogenated alkanes) is 1. The van der Waals surface area contributed by atoms with Crippen LogP contribution in [0.4, 0.5) is 10.1 Å². The first-order valence-corrected chi connectivity index (χ1v) is 13.1. The van der Waals surface area contributed by atoms with E-state index in [-0.39, 0.29) is 22.4 Å². The van der Waals surface area contributed by atoms with Crippen LogP contribution < -0.4 is 20.8 Å². The van der Waals surface area contributed by atoms with E-state index >= 15 is 4.39 Å². The lowest BCUT2D eigenvalue weighted by molar-refractivity contribution is 0.0398. The molecule has 9 nitrogen and oxygen atoms in total. The van der Waals surface area contributed by atoms with Crippen LogP contribution in [0.25, 0.3) is 16.6 Å². The molecular formula is C28H34FN5O4. The normalized spacial score (nSPS) is 14.8. The van der Waals surface area contributed by atoms with Crippen LogP contribution in [-0.2, 0) is 4.74 Å². The average Bonchev–Trinajstić information content (AvgIpc) is 2.91. The zero-order chi connectivity index (χ0) is 26.6. The van der Waals surface area contributed by atoms with E-state index < -0.39 is 17.2 Å². The molecule has 0 saturated carbocycles. The summed E-state index contributed by atoms with van der Waals surface area (Å²) in [7, 11) is 4.00. The van der Waals surface area contributed by atoms with Crippen molar-refractivity contribution in [2.75, 3.05) is 71.9 Å². The quantitative estimate of drug-likeness (QED) is 0.309. The topological polar surface area (TPSA) is 88.1 Å². The molecule has 3 heterocycles. The van der Waals surface area contributed by atoms with Crippen molar-refractivity contribution in [3.63, 3.8) is 0 Å². The first kappa shape index (κ1) is 26.1. The Bertz CT molecular complexity index is 1380. The number of halogens is 1. The number of ether oxygens (including phenoxy) is 2. The maximum atomic E-state index is 15.5. The molecule has 2 aliphatic rings. The van der Waals surface area contributed by atoms with E-state index in [9.17, 15) is 9.59 Å². The highest BCUT2D eigenvalue weighted by molar-refractivity contribution is 6.01. The van der Waals surface area contributed by atoms with Crippen molar-refractivity contribution in [2.24, 2.45) is 0 Å². The SMILES string of the molecule is CN(C)CCCCNC(=O)c1cn2c3c(c(NCCN4CCOCC4)c(F)cc3c1=O)Oc1ccccc1-2. The minimum Gasteiger partial charge on any atom is -0.451 e. The number of benzene rings is 2. The number of aromatic nitrogens is 1. The summed E-state index contributed by atoms with van der Waals surface area (Å²) in [4.78, 5) is 30.8. The zero-order valence-corrected chi connectivity index (χ0v) is 21.9. The highest BCUT2D eigenvalue weighted by Crippen LogP contribution is 2.44. The lowest BCUT2D eigenvalue weighted by Gasteiger charge is -2.28. The molecule has 2 N–H and O–H groups in total. The second-order valence-electron chi connectivity index (χ2n) is 9.92. The average molecular weight is 524 g/mol. The summed E-state index contributed by atoms with van der Waals surface area (Å²) in [6.45, 7) is 5.63. The molecule has 5 rings (SSSR count). The maximum Gasteiger partial charge on any atom is 0.256 e. The zero-order valence-electron chi connectivity index (χ0n) is 21.9. The van der Waals surface area contributed by atoms with Crippen molar-refractivity contribution in [3.05, 3.63) is 58.1 Å². The Morgan fingerprint density at radius 3 is 2.71 bits per heavy atom. The lowest BCUT2D eigenvalue weighted by Crippen LogP contribution is -2.39. The van der Waals surface area contributed by atoms with Crippen molar-refractivity contribution >= 4 is 22.5 Å². The molecule has 0 aliphatic carbocycles. The molecule has 1 amide bonds. The van der Waals surface area contributed by atoms with Gasteiger partial charge in [0.05, 0.1) is 24.3 Å². The van der Waals surface area contributed by atoms with Crippen LogP contribution >= 0.6 is 0 Å². The summed E-state index contributed by atoms with van der Waals surface area (Å²) in [5.41, 5.74) is 0.763. The number of nitrogens with one attached hydrogen (secondary N) is 2. The van der Waals surface area contributed by atoms with Gasteiger partial charge in [0.1, 0.15) is 16.8 Å². The number of nitrogens with zero attached hydrogens (tertiary/aromatic N) is 3. The monoisotopic (exact) mass is 523 g/mol. The van der Waals surface area contributed by atoms with Gasteiger partial charge in [0.25, 0.3) is 5.91 Å². The molecule has 10 heteroatoms. The van der Waals surface area contributed by atoms with Crippen LogP contribution in [0.5, 0.6) is 11.5 Å². The standard InChI is InChI=1S/C28H34FN5O4/c1-32(2)11-6-5-9-31-28(36)20-18-34-22-7-3-4-8-23(22)38-27-24(21(29)17-19(25(27)34)26(20)35)30-10-12-33-13-15-37-16-14-33/h3-4,7-8,17-18,30H,5-6,9-16H2,1-2H3,(H,31,36). The number of fused-ring (bicyclic) bond motifs is 2. The number of hydrogen-bond donors (Lipinski definition) is 2. The third-order valence-electron chi connectivity index (χ3n) is 6.93. The van der Waals surface area contributed by atoms with Gasteiger partial charge < -0.3 is 29.6 Å². The number of morpholine rings is 1. The van der Waals surface area contributed by atoms with E-state index in [1.54, 1.807) is 16.8 Å². The van der Waals surface area contributed by atoms with Gasteiger partial charge in [-0.2, -0.15) is 0 Å². The van der Waals surface area contributed by atoms with Crippen LogP contribution in [0.1, 0.15) is 23.2 Å². The fraction of sp³-hybridized carbons (Fsp3) is 0.429. The van der Waals surface area contributed by atoms with Gasteiger partial charge in [-0.3, -0.25) is 14.5 Å². The third kappa shape index (κ3) is 5.38. The molecule has 2 aliphatic heterocycles. The fourth-order valence-corrected chi connectivity index (χ4v) is 4.91. The molecule has 0 radical (unpaired) electrons. The molecule has 2 aromatic carbocycles. The number of carbonyl (C=O) groups excluding carboxylic acids is 1. The second kappa shape index (κ2) is 11.5. The number of rotatable bonds is 10. The van der Waals surface area contributed by atoms with Gasteiger partial charge in [-0.25, -0.2) is 4.39 Å². The molecule has 1 saturated heterocycles. The summed E-state index contributed by atoms with van der Waals surface area (Å²) < 4.78 is 28.8. The van der Waals surface area contributed by atoms with E-state index in [2.05, 4.69) is 20.4 Å². The van der Waals surface area contributed by atoms with Gasteiger partial charge in [-0.05, 0) is 51.7 Å². The first-order chi connectivity index (χ1) is 18.4. The molecule has 0 bridgehead atoms. The number of carbonyl (C=O) groups is 1. The smallest absolute Gasteiger partial charge is 0.256 e. The van der Waals surface area contributed by atoms with E-state index in [4.69, 9.17) is 9.47 Å². The second-order valence-corrected chi connectivity index (χ2v) is 9.92. The maximum absolute atomic E-state index is 15.5. The highest BCUT2D eigenvalue weighted by atomic mass is 19.1. The Hall–Kier alpha value is -3.47. The molecule has 0 atom stereocenters. The number of para-hydroxylation sites is 2. The van der Waals surface area contributed by atoms with Gasteiger partial charge in [0.2, 0.25) is 5.43 Å². The van der Waals surface area contributed by atoms with Crippen molar-refractivity contribution in [1.29, 1.82) is 0 Å². The number of hydrogen-bond acceptors (Lipinski definition) is 7. The third-order valence-corrected chi connectivity index (χ3v) is 6.93. The van der Waals surface area contributed by atoms with Crippen molar-refractivity contribution in [3.8, 4) is 17.2 Å². The van der Waals surface area contributed by atoms with Crippen LogP contribution in [0.2, 0.25) is 0 Å². The number of amides is 1. The molecule has 3 aromatic rings. The Balaban J connectivity index is 1.48. The first-order valence-electron chi connectivity index (χ1n) is 13.1. The van der Waals surface area contributed by atoms with E-state index in [0.717, 1.165) is 39.0 Å². The molecule has 1 fully saturated rings. The summed E-state index contributed by atoms with van der Waals surface area (Å²) >= 11 is 0. The fourth-order valence-electron chi connectivity index (χ4n) is 4.91. The number of pyridine rings is 1. The Morgan fingerprint density at radius 2 is 1.92 bits per heavy atom. The lowest BCUT2D eigenvalue weighted by atomic mass is 10.1. The van der Waals surface area contributed by atoms with Crippen LogP contribution in [0.15, 0.2) is 41.3 Å². The van der Waals surface area contributed by atoms with E-state index in [1.807, 2.05) is 32.3 Å². The Labute approximate surface area is 221 Å². The summed E-state index contributed by atoms with van der Waals surface area (Å²) in [6, 6.07) is 8.53. The van der Waals surface area contributed by atoms with E-state index in [1.165, 1.54) is 6.07 Å². The Morgan fingerprint density at radius 1 is 1.13 bits per heavy atom. The largest absolute Gasteiger partial charge is 0.451 e. The van der Waals surface area contributed by atoms with Gasteiger partial charge >= 0.3 is 0 Å². The predicted molar refractivity (Wildman–Crippen MR) is 145 cm³/mol. The summed E-state index contributed by atoms with van der Waals surface area (Å²) in [5.74, 6) is -0.307. The summed E-state index contributed by atoms with van der Waals surface area (Å²) in [6.07, 6.45) is 3.26. The Kier molecular flexibility index (Phi) is 7.92. The van der Waals surface area contributed by atoms with Crippen LogP contribution in [0.3, 0.4) is 0 Å². The minimum atomic E-state index is -0.598. The summed E-state index contributed by atoms with van der Waals surface area (Å²) in [5, 5.41) is 6.14. The van der Waals surface area contributed by atoms with Gasteiger partial charge in [0.15, 0.2) is 17.3 Å². The molecule has 0 unspecified atom stereocenters.